The summed E-state index contributed by atoms with van der Waals surface area (Å²) < 4.78 is 46.4. The Morgan fingerprint density at radius 2 is 2.00 bits per heavy atom. The molecule has 2 aromatic heterocycles. The van der Waals surface area contributed by atoms with E-state index in [1.54, 1.807) is 23.1 Å². The van der Waals surface area contributed by atoms with Crippen LogP contribution in [-0.2, 0) is 39.4 Å². The Hall–Kier alpha value is -3.99. The van der Waals surface area contributed by atoms with Gasteiger partial charge in [-0.1, -0.05) is 18.6 Å². The highest BCUT2D eigenvalue weighted by Gasteiger charge is 2.41. The highest BCUT2D eigenvalue weighted by molar-refractivity contribution is 6.10. The number of hydrogen-bond donors (Lipinski definition) is 1. The van der Waals surface area contributed by atoms with Gasteiger partial charge in [-0.15, -0.1) is 10.2 Å². The Balaban J connectivity index is 1.23. The molecule has 1 saturated carbocycles. The average molecular weight is 548 g/mol. The second kappa shape index (κ2) is 9.29. The number of alkyl halides is 3. The molecule has 2 aromatic carbocycles. The van der Waals surface area contributed by atoms with Gasteiger partial charge in [0.05, 0.1) is 24.3 Å². The molecule has 0 saturated heterocycles. The zero-order valence-corrected chi connectivity index (χ0v) is 21.9. The molecule has 40 heavy (non-hydrogen) atoms. The van der Waals surface area contributed by atoms with Crippen molar-refractivity contribution in [3.63, 3.8) is 0 Å². The average Bonchev–Trinajstić information content (AvgIpc) is 3.65. The van der Waals surface area contributed by atoms with Crippen molar-refractivity contribution in [1.29, 1.82) is 0 Å². The molecule has 4 aromatic rings. The molecule has 8 nitrogen and oxygen atoms in total. The zero-order valence-electron chi connectivity index (χ0n) is 21.9. The standard InChI is InChI=1S/C29H28F3N7O/c1-37-16-34-35-27(37)26(18-4-2-5-18)19-6-3-7-21(10-19)39-15-23-22(28(39)40)8-17(9-24(23)29(30,31)32)13-38-14-20-11-33-12-25(20)36-38/h3,6-10,14,16,18,26,33H,2,4-5,11-13,15H2,1H3/t26-/m1/s1. The number of fused-ring (bicyclic) bond motifs is 2. The number of nitrogens with zero attached hydrogens (tertiary/aromatic N) is 6. The number of benzene rings is 2. The summed E-state index contributed by atoms with van der Waals surface area (Å²) in [7, 11) is 1.91. The number of hydrogen-bond acceptors (Lipinski definition) is 5. The molecular weight excluding hydrogens is 519 g/mol. The van der Waals surface area contributed by atoms with Crippen molar-refractivity contribution in [3.05, 3.63) is 93.8 Å². The van der Waals surface area contributed by atoms with Crippen molar-refractivity contribution in [2.24, 2.45) is 13.0 Å². The van der Waals surface area contributed by atoms with Crippen LogP contribution in [0.4, 0.5) is 18.9 Å². The van der Waals surface area contributed by atoms with Gasteiger partial charge in [-0.3, -0.25) is 9.48 Å². The van der Waals surface area contributed by atoms with Crippen LogP contribution in [0.5, 0.6) is 0 Å². The van der Waals surface area contributed by atoms with Crippen molar-refractivity contribution in [1.82, 2.24) is 29.9 Å². The molecule has 0 bridgehead atoms. The first-order chi connectivity index (χ1) is 19.3. The molecule has 0 radical (unpaired) electrons. The van der Waals surface area contributed by atoms with E-state index in [9.17, 15) is 18.0 Å². The lowest BCUT2D eigenvalue weighted by atomic mass is 9.72. The van der Waals surface area contributed by atoms with Crippen molar-refractivity contribution >= 4 is 11.6 Å². The molecule has 0 spiro atoms. The monoisotopic (exact) mass is 547 g/mol. The molecule has 4 heterocycles. The van der Waals surface area contributed by atoms with Crippen LogP contribution in [0.15, 0.2) is 48.9 Å². The van der Waals surface area contributed by atoms with Crippen LogP contribution in [0.1, 0.15) is 74.9 Å². The molecule has 0 unspecified atom stereocenters. The highest BCUT2D eigenvalue weighted by atomic mass is 19.4. The Labute approximate surface area is 228 Å². The Kier molecular flexibility index (Phi) is 5.81. The molecule has 7 rings (SSSR count). The third kappa shape index (κ3) is 4.19. The second-order valence-corrected chi connectivity index (χ2v) is 11.0. The number of halogens is 3. The van der Waals surface area contributed by atoms with Crippen LogP contribution in [0, 0.1) is 5.92 Å². The van der Waals surface area contributed by atoms with E-state index < -0.39 is 17.6 Å². The number of amides is 1. The van der Waals surface area contributed by atoms with Crippen LogP contribution >= 0.6 is 0 Å². The number of rotatable bonds is 6. The molecule has 1 fully saturated rings. The summed E-state index contributed by atoms with van der Waals surface area (Å²) in [5.41, 5.74) is 3.26. The van der Waals surface area contributed by atoms with Crippen LogP contribution in [0.2, 0.25) is 0 Å². The van der Waals surface area contributed by atoms with E-state index in [-0.39, 0.29) is 30.1 Å². The molecule has 11 heteroatoms. The largest absolute Gasteiger partial charge is 0.416 e. The SMILES string of the molecule is Cn1cnnc1[C@@H](c1cccc(N2Cc3c(cc(Cn4cc5c(n4)CNC5)cc3C(F)(F)F)C2=O)c1)C1CCC1. The molecule has 206 valence electrons. The highest BCUT2D eigenvalue weighted by Crippen LogP contribution is 2.44. The Morgan fingerprint density at radius 1 is 1.15 bits per heavy atom. The fourth-order valence-corrected chi connectivity index (χ4v) is 6.27. The first-order valence-corrected chi connectivity index (χ1v) is 13.5. The van der Waals surface area contributed by atoms with E-state index in [1.807, 2.05) is 36.0 Å². The molecule has 1 aliphatic carbocycles. The number of carbonyl (C=O) groups is 1. The molecule has 1 N–H and O–H groups in total. The third-order valence-corrected chi connectivity index (χ3v) is 8.47. The van der Waals surface area contributed by atoms with Crippen molar-refractivity contribution in [3.8, 4) is 0 Å². The summed E-state index contributed by atoms with van der Waals surface area (Å²) in [6.45, 7) is 1.36. The fraction of sp³-hybridized carbons (Fsp3) is 0.379. The van der Waals surface area contributed by atoms with Crippen LogP contribution in [0.25, 0.3) is 0 Å². The maximum atomic E-state index is 14.3. The van der Waals surface area contributed by atoms with Crippen LogP contribution < -0.4 is 10.2 Å². The topological polar surface area (TPSA) is 80.9 Å². The van der Waals surface area contributed by atoms with Gasteiger partial charge in [0.25, 0.3) is 5.91 Å². The Morgan fingerprint density at radius 3 is 2.70 bits per heavy atom. The molecule has 3 aliphatic rings. The molecular formula is C29H28F3N7O. The summed E-state index contributed by atoms with van der Waals surface area (Å²) in [6, 6.07) is 10.3. The number of anilines is 1. The lowest BCUT2D eigenvalue weighted by Gasteiger charge is -2.33. The van der Waals surface area contributed by atoms with E-state index in [4.69, 9.17) is 0 Å². The van der Waals surface area contributed by atoms with Gasteiger partial charge in [-0.2, -0.15) is 18.3 Å². The fourth-order valence-electron chi connectivity index (χ4n) is 6.27. The van der Waals surface area contributed by atoms with Gasteiger partial charge in [0.15, 0.2) is 0 Å². The van der Waals surface area contributed by atoms with Gasteiger partial charge in [0, 0.05) is 49.1 Å². The van der Waals surface area contributed by atoms with E-state index in [1.165, 1.54) is 4.90 Å². The number of carbonyl (C=O) groups excluding carboxylic acids is 1. The van der Waals surface area contributed by atoms with Gasteiger partial charge in [-0.05, 0) is 59.7 Å². The first-order valence-electron chi connectivity index (χ1n) is 13.5. The van der Waals surface area contributed by atoms with Crippen molar-refractivity contribution in [2.45, 2.75) is 57.5 Å². The third-order valence-electron chi connectivity index (χ3n) is 8.47. The minimum atomic E-state index is -4.59. The first kappa shape index (κ1) is 25.0. The quantitative estimate of drug-likeness (QED) is 0.376. The number of nitrogens with one attached hydrogen (secondary N) is 1. The number of aromatic nitrogens is 5. The minimum absolute atomic E-state index is 0.00418. The van der Waals surface area contributed by atoms with Crippen molar-refractivity contribution in [2.75, 3.05) is 4.90 Å². The van der Waals surface area contributed by atoms with Gasteiger partial charge in [0.1, 0.15) is 12.2 Å². The van der Waals surface area contributed by atoms with E-state index in [0.29, 0.717) is 30.3 Å². The normalized spacial score (nSPS) is 17.7. The summed E-state index contributed by atoms with van der Waals surface area (Å²) in [5.74, 6) is 0.834. The zero-order chi connectivity index (χ0) is 27.6. The molecule has 1 amide bonds. The summed E-state index contributed by atoms with van der Waals surface area (Å²) >= 11 is 0. The van der Waals surface area contributed by atoms with Crippen LogP contribution in [0.3, 0.4) is 0 Å². The lowest BCUT2D eigenvalue weighted by molar-refractivity contribution is -0.138. The van der Waals surface area contributed by atoms with Gasteiger partial charge in [-0.25, -0.2) is 0 Å². The maximum absolute atomic E-state index is 14.3. The van der Waals surface area contributed by atoms with E-state index in [2.05, 4.69) is 20.6 Å². The summed E-state index contributed by atoms with van der Waals surface area (Å²) in [4.78, 5) is 15.1. The molecule has 2 aliphatic heterocycles. The second-order valence-electron chi connectivity index (χ2n) is 11.0. The van der Waals surface area contributed by atoms with E-state index in [0.717, 1.165) is 48.0 Å². The summed E-state index contributed by atoms with van der Waals surface area (Å²) in [5, 5.41) is 16.1. The van der Waals surface area contributed by atoms with Gasteiger partial charge >= 0.3 is 6.18 Å². The predicted octanol–water partition coefficient (Wildman–Crippen LogP) is 4.77. The minimum Gasteiger partial charge on any atom is -0.320 e. The van der Waals surface area contributed by atoms with Gasteiger partial charge in [0.2, 0.25) is 0 Å². The van der Waals surface area contributed by atoms with Crippen LogP contribution in [-0.4, -0.2) is 30.5 Å². The van der Waals surface area contributed by atoms with E-state index >= 15 is 0 Å². The smallest absolute Gasteiger partial charge is 0.320 e. The maximum Gasteiger partial charge on any atom is 0.416 e. The Bertz CT molecular complexity index is 1600. The summed E-state index contributed by atoms with van der Waals surface area (Å²) in [6.07, 6.45) is 2.24. The predicted molar refractivity (Wildman–Crippen MR) is 140 cm³/mol. The molecule has 1 atom stereocenters. The number of aryl methyl sites for hydroxylation is 1. The van der Waals surface area contributed by atoms with Gasteiger partial charge < -0.3 is 14.8 Å². The lowest BCUT2D eigenvalue weighted by Crippen LogP contribution is -2.25. The van der Waals surface area contributed by atoms with Crippen molar-refractivity contribution < 1.29 is 18.0 Å².